The van der Waals surface area contributed by atoms with Crippen LogP contribution < -0.4 is 78.9 Å². The van der Waals surface area contributed by atoms with Crippen molar-refractivity contribution in [3.63, 3.8) is 0 Å². The van der Waals surface area contributed by atoms with E-state index in [1.54, 1.807) is 6.61 Å². The average molecular weight is 631 g/mol. The van der Waals surface area contributed by atoms with E-state index in [-0.39, 0.29) is 81.0 Å². The fourth-order valence-electron chi connectivity index (χ4n) is 5.58. The molecule has 1 amide bonds. The van der Waals surface area contributed by atoms with Crippen molar-refractivity contribution < 1.29 is 78.4 Å². The number of benzene rings is 2. The van der Waals surface area contributed by atoms with Crippen LogP contribution in [0.25, 0.3) is 0 Å². The molecule has 1 aromatic heterocycles. The summed E-state index contributed by atoms with van der Waals surface area (Å²) in [4.78, 5) is 27.9. The fraction of sp³-hybridized carbons (Fsp3) is 0.357. The molecule has 1 saturated heterocycles. The number of carbonyl (C=O) groups excluding carboxylic acids is 1. The molecule has 9 heteroatoms. The molecule has 4 heterocycles. The summed E-state index contributed by atoms with van der Waals surface area (Å²) < 4.78 is 5.68. The number of hydrogen-bond acceptors (Lipinski definition) is 6. The second kappa shape index (κ2) is 11.9. The van der Waals surface area contributed by atoms with E-state index in [1.807, 2.05) is 36.5 Å². The summed E-state index contributed by atoms with van der Waals surface area (Å²) >= 11 is 0. The number of fused-ring (bicyclic) bond motifs is 2. The molecule has 2 aromatic carbocycles. The minimum absolute atomic E-state index is 0. The largest absolute Gasteiger partial charge is 1.00 e. The van der Waals surface area contributed by atoms with Crippen LogP contribution in [-0.4, -0.2) is 60.3 Å². The quantitative estimate of drug-likeness (QED) is 0.348. The summed E-state index contributed by atoms with van der Waals surface area (Å²) in [5.74, 6) is 1.42. The van der Waals surface area contributed by atoms with Gasteiger partial charge in [0.2, 0.25) is 5.95 Å². The van der Waals surface area contributed by atoms with Crippen molar-refractivity contribution in [2.45, 2.75) is 43.6 Å². The molecule has 7 nitrogen and oxygen atoms in total. The standard InChI is InChI=1S/C28H31N5O2Si.Cs/c1-19-14-21-15-29-27(31-24-18-35-25-11-7-6-10-22(24)25)30-23(21)16-33(19)28(34)36-13-12-32(2)17-26(36)20-8-4-3-5-9-20;/h3-11,15,18-19,24,26H,12-14,16-17H2,1-2H3,(H,29,30,31);/q-1;+1/t19-,24-,26-;/m1./s1. The van der Waals surface area contributed by atoms with Gasteiger partial charge in [0.25, 0.3) is 0 Å². The Morgan fingerprint density at radius 3 is 2.78 bits per heavy atom. The first-order valence-corrected chi connectivity index (χ1v) is 14.5. The maximum absolute atomic E-state index is 14.0. The topological polar surface area (TPSA) is 70.6 Å². The molecule has 6 rings (SSSR count). The van der Waals surface area contributed by atoms with Gasteiger partial charge in [-0.1, -0.05) is 48.5 Å². The van der Waals surface area contributed by atoms with E-state index in [0.717, 1.165) is 48.1 Å². The third kappa shape index (κ3) is 5.74. The van der Waals surface area contributed by atoms with Crippen molar-refractivity contribution in [1.29, 1.82) is 0 Å². The van der Waals surface area contributed by atoms with E-state index < -0.39 is 8.80 Å². The number of carbonyl (C=O) groups is 1. The summed E-state index contributed by atoms with van der Waals surface area (Å²) in [7, 11) is 0.883. The van der Waals surface area contributed by atoms with Gasteiger partial charge in [-0.15, -0.1) is 6.61 Å². The van der Waals surface area contributed by atoms with Crippen molar-refractivity contribution in [1.82, 2.24) is 19.8 Å². The molecule has 0 saturated carbocycles. The molecule has 0 bridgehead atoms. The maximum Gasteiger partial charge on any atom is 1.00 e. The third-order valence-electron chi connectivity index (χ3n) is 7.61. The number of para-hydroxylation sites is 1. The molecule has 1 N–H and O–H groups in total. The Labute approximate surface area is 279 Å². The molecule has 3 aliphatic heterocycles. The van der Waals surface area contributed by atoms with E-state index in [4.69, 9.17) is 9.72 Å². The van der Waals surface area contributed by atoms with Gasteiger partial charge in [-0.05, 0) is 67.3 Å². The maximum atomic E-state index is 14.0. The van der Waals surface area contributed by atoms with Crippen LogP contribution in [0.5, 0.6) is 5.75 Å². The summed E-state index contributed by atoms with van der Waals surface area (Å²) in [5, 5.41) is 3.39. The van der Waals surface area contributed by atoms with Crippen LogP contribution in [0, 0.1) is 6.61 Å². The van der Waals surface area contributed by atoms with E-state index in [1.165, 1.54) is 5.56 Å². The predicted octanol–water partition coefficient (Wildman–Crippen LogP) is 1.40. The Morgan fingerprint density at radius 1 is 1.16 bits per heavy atom. The third-order valence-corrected chi connectivity index (χ3v) is 10.6. The Hall–Kier alpha value is -1.18. The van der Waals surface area contributed by atoms with Crippen LogP contribution in [0.2, 0.25) is 6.04 Å². The zero-order valence-corrected chi connectivity index (χ0v) is 29.0. The number of anilines is 1. The van der Waals surface area contributed by atoms with Crippen LogP contribution in [0.1, 0.15) is 40.9 Å². The Balaban J connectivity index is 0.00000280. The summed E-state index contributed by atoms with van der Waals surface area (Å²) in [6.45, 7) is 6.41. The van der Waals surface area contributed by atoms with Crippen LogP contribution >= 0.6 is 0 Å². The number of amides is 1. The number of likely N-dealkylation sites (N-methyl/N-ethyl adjacent to an activating group) is 1. The zero-order valence-electron chi connectivity index (χ0n) is 21.7. The van der Waals surface area contributed by atoms with Crippen LogP contribution in [0.3, 0.4) is 0 Å². The second-order valence-corrected chi connectivity index (χ2v) is 12.7. The van der Waals surface area contributed by atoms with Gasteiger partial charge in [-0.25, -0.2) is 9.97 Å². The van der Waals surface area contributed by atoms with Gasteiger partial charge in [0.15, 0.2) is 14.3 Å². The molecule has 1 radical (unpaired) electrons. The van der Waals surface area contributed by atoms with Crippen LogP contribution in [0.15, 0.2) is 60.8 Å². The first-order valence-electron chi connectivity index (χ1n) is 12.7. The number of aromatic nitrogens is 2. The number of ether oxygens (including phenoxy) is 1. The van der Waals surface area contributed by atoms with E-state index in [2.05, 4.69) is 58.3 Å². The molecular weight excluding hydrogens is 599 g/mol. The number of nitrogens with zero attached hydrogens (tertiary/aromatic N) is 4. The molecular formula is C28H31CsN5O2Si. The van der Waals surface area contributed by atoms with Gasteiger partial charge in [-0.3, -0.25) is 4.79 Å². The average Bonchev–Trinajstić information content (AvgIpc) is 3.31. The van der Waals surface area contributed by atoms with E-state index >= 15 is 0 Å². The van der Waals surface area contributed by atoms with Crippen molar-refractivity contribution >= 4 is 20.3 Å². The predicted molar refractivity (Wildman–Crippen MR) is 141 cm³/mol. The van der Waals surface area contributed by atoms with Crippen LogP contribution in [0.4, 0.5) is 10.7 Å². The van der Waals surface area contributed by atoms with Gasteiger partial charge < -0.3 is 19.9 Å². The van der Waals surface area contributed by atoms with Crippen molar-refractivity contribution in [3.05, 3.63) is 89.8 Å². The first-order chi connectivity index (χ1) is 17.6. The second-order valence-electron chi connectivity index (χ2n) is 10.1. The normalized spacial score (nSPS) is 23.4. The Bertz CT molecular complexity index is 1260. The van der Waals surface area contributed by atoms with Crippen molar-refractivity contribution in [3.8, 4) is 5.75 Å². The minimum atomic E-state index is -1.28. The molecule has 0 spiro atoms. The van der Waals surface area contributed by atoms with Gasteiger partial charge in [0.05, 0.1) is 18.0 Å². The molecule has 3 atom stereocenters. The van der Waals surface area contributed by atoms with E-state index in [0.29, 0.717) is 23.6 Å². The molecule has 1 fully saturated rings. The summed E-state index contributed by atoms with van der Waals surface area (Å²) in [5.41, 5.74) is 5.09. The fourth-order valence-corrected chi connectivity index (χ4v) is 8.86. The van der Waals surface area contributed by atoms with Crippen molar-refractivity contribution in [2.24, 2.45) is 0 Å². The van der Waals surface area contributed by atoms with Gasteiger partial charge in [0.1, 0.15) is 0 Å². The monoisotopic (exact) mass is 630 g/mol. The SMILES string of the molecule is C[C@@H]1Cc2cnc(N[C@@H]3[CH-]Oc4ccccc43)nc2CN1C(=O)[Si]1CCN(C)C[C@@H]1c1ccccc1.[Cs+]. The zero-order chi connectivity index (χ0) is 24.6. The van der Waals surface area contributed by atoms with E-state index in [9.17, 15) is 4.79 Å². The van der Waals surface area contributed by atoms with Gasteiger partial charge >= 0.3 is 68.9 Å². The molecule has 0 aliphatic carbocycles. The molecule has 3 aliphatic rings. The number of hydrogen-bond donors (Lipinski definition) is 1. The molecule has 37 heavy (non-hydrogen) atoms. The Kier molecular flexibility index (Phi) is 8.82. The molecule has 0 unspecified atom stereocenters. The van der Waals surface area contributed by atoms with Gasteiger partial charge in [-0.2, -0.15) is 0 Å². The number of nitrogens with one attached hydrogen (secondary N) is 1. The molecule has 185 valence electrons. The summed E-state index contributed by atoms with van der Waals surface area (Å²) in [6.07, 6.45) is 2.70. The first kappa shape index (κ1) is 27.4. The minimum Gasteiger partial charge on any atom is -0.660 e. The van der Waals surface area contributed by atoms with Gasteiger partial charge in [0, 0.05) is 18.8 Å². The summed E-state index contributed by atoms with van der Waals surface area (Å²) in [6, 6.07) is 19.6. The van der Waals surface area contributed by atoms with Crippen LogP contribution in [-0.2, 0) is 13.0 Å². The molecule has 3 aromatic rings. The van der Waals surface area contributed by atoms with Crippen molar-refractivity contribution in [2.75, 3.05) is 25.5 Å². The smallest absolute Gasteiger partial charge is 0.660 e. The Morgan fingerprint density at radius 2 is 1.95 bits per heavy atom. The number of rotatable bonds is 4.